The first kappa shape index (κ1) is 21.7. The van der Waals surface area contributed by atoms with Gasteiger partial charge in [-0.2, -0.15) is 5.10 Å². The van der Waals surface area contributed by atoms with E-state index in [4.69, 9.17) is 4.74 Å². The largest absolute Gasteiger partial charge is 0.383 e. The Labute approximate surface area is 166 Å². The quantitative estimate of drug-likeness (QED) is 0.288. The first-order chi connectivity index (χ1) is 11.5. The van der Waals surface area contributed by atoms with Crippen molar-refractivity contribution >= 4 is 35.8 Å². The van der Waals surface area contributed by atoms with Crippen LogP contribution in [0.2, 0.25) is 0 Å². The van der Waals surface area contributed by atoms with E-state index >= 15 is 0 Å². The molecule has 1 aromatic heterocycles. The lowest BCUT2D eigenvalue weighted by Gasteiger charge is -2.22. The van der Waals surface area contributed by atoms with Crippen LogP contribution in [0.4, 0.5) is 0 Å². The van der Waals surface area contributed by atoms with E-state index in [1.165, 1.54) is 5.56 Å². The van der Waals surface area contributed by atoms with Crippen molar-refractivity contribution in [1.82, 2.24) is 24.9 Å². The Morgan fingerprint density at radius 2 is 2.28 bits per heavy atom. The molecule has 1 amide bonds. The van der Waals surface area contributed by atoms with E-state index in [-0.39, 0.29) is 36.4 Å². The number of aryl methyl sites for hydroxylation is 1. The summed E-state index contributed by atoms with van der Waals surface area (Å²) in [6.07, 6.45) is 5.05. The van der Waals surface area contributed by atoms with E-state index in [2.05, 4.69) is 26.5 Å². The Balaban J connectivity index is 0.00000312. The van der Waals surface area contributed by atoms with Crippen LogP contribution in [0.1, 0.15) is 17.9 Å². The maximum atomic E-state index is 11.8. The monoisotopic (exact) mass is 464 g/mol. The minimum absolute atomic E-state index is 0. The van der Waals surface area contributed by atoms with Crippen LogP contribution in [0, 0.1) is 0 Å². The van der Waals surface area contributed by atoms with Crippen molar-refractivity contribution in [3.8, 4) is 0 Å². The number of guanidine groups is 1. The molecular formula is C16H29IN6O2. The Hall–Kier alpha value is -1.36. The highest BCUT2D eigenvalue weighted by atomic mass is 127. The summed E-state index contributed by atoms with van der Waals surface area (Å²) >= 11 is 0. The van der Waals surface area contributed by atoms with Crippen LogP contribution in [0.3, 0.4) is 0 Å². The van der Waals surface area contributed by atoms with E-state index in [1.807, 2.05) is 17.9 Å². The number of nitrogens with one attached hydrogen (secondary N) is 1. The van der Waals surface area contributed by atoms with Gasteiger partial charge in [0.15, 0.2) is 5.96 Å². The third-order valence-corrected chi connectivity index (χ3v) is 4.14. The first-order valence-electron chi connectivity index (χ1n) is 8.22. The summed E-state index contributed by atoms with van der Waals surface area (Å²) in [5, 5.41) is 7.55. The first-order valence-corrected chi connectivity index (χ1v) is 8.22. The number of hydrogen-bond donors (Lipinski definition) is 1. The number of rotatable bonds is 6. The number of hydrogen-bond acceptors (Lipinski definition) is 4. The number of likely N-dealkylation sites (tertiary alicyclic amines) is 1. The number of amides is 1. The fourth-order valence-corrected chi connectivity index (χ4v) is 2.69. The van der Waals surface area contributed by atoms with Gasteiger partial charge >= 0.3 is 0 Å². The average molecular weight is 464 g/mol. The van der Waals surface area contributed by atoms with Gasteiger partial charge in [-0.05, 0) is 12.0 Å². The minimum atomic E-state index is -0.0101. The van der Waals surface area contributed by atoms with Crippen LogP contribution in [0.5, 0.6) is 0 Å². The molecule has 0 saturated carbocycles. The van der Waals surface area contributed by atoms with Gasteiger partial charge in [-0.15, -0.1) is 24.0 Å². The van der Waals surface area contributed by atoms with Gasteiger partial charge in [0, 0.05) is 60.0 Å². The Kier molecular flexibility index (Phi) is 9.19. The molecule has 0 spiro atoms. The Morgan fingerprint density at radius 1 is 1.52 bits per heavy atom. The smallest absolute Gasteiger partial charge is 0.243 e. The third-order valence-electron chi connectivity index (χ3n) is 4.14. The standard InChI is InChI=1S/C16H28N6O2.HI/c1-20(2)15(23)10-18-16(17-6-8-24-4)22-7-5-13(12-22)14-9-19-21(3)11-14;/h9,11,13H,5-8,10,12H2,1-4H3,(H,17,18);1H. The zero-order valence-corrected chi connectivity index (χ0v) is 17.8. The molecule has 8 nitrogen and oxygen atoms in total. The van der Waals surface area contributed by atoms with E-state index in [9.17, 15) is 4.79 Å². The molecule has 2 rings (SSSR count). The lowest BCUT2D eigenvalue weighted by atomic mass is 10.0. The second-order valence-electron chi connectivity index (χ2n) is 6.23. The molecule has 25 heavy (non-hydrogen) atoms. The fourth-order valence-electron chi connectivity index (χ4n) is 2.69. The summed E-state index contributed by atoms with van der Waals surface area (Å²) in [5.41, 5.74) is 1.25. The fraction of sp³-hybridized carbons (Fsp3) is 0.688. The number of aliphatic imine (C=N–C) groups is 1. The number of nitrogens with zero attached hydrogens (tertiary/aromatic N) is 5. The highest BCUT2D eigenvalue weighted by molar-refractivity contribution is 14.0. The predicted molar refractivity (Wildman–Crippen MR) is 108 cm³/mol. The zero-order chi connectivity index (χ0) is 17.5. The van der Waals surface area contributed by atoms with E-state index in [0.717, 1.165) is 25.5 Å². The van der Waals surface area contributed by atoms with Crippen molar-refractivity contribution in [2.24, 2.45) is 12.0 Å². The van der Waals surface area contributed by atoms with Crippen molar-refractivity contribution in [1.29, 1.82) is 0 Å². The summed E-state index contributed by atoms with van der Waals surface area (Å²) in [7, 11) is 7.08. The Bertz CT molecular complexity index is 575. The summed E-state index contributed by atoms with van der Waals surface area (Å²) in [4.78, 5) is 20.1. The maximum absolute atomic E-state index is 11.8. The predicted octanol–water partition coefficient (Wildman–Crippen LogP) is 0.508. The molecule has 0 radical (unpaired) electrons. The van der Waals surface area contributed by atoms with Gasteiger partial charge in [0.05, 0.1) is 12.8 Å². The molecule has 0 aromatic carbocycles. The Morgan fingerprint density at radius 3 is 2.88 bits per heavy atom. The van der Waals surface area contributed by atoms with Gasteiger partial charge in [-0.1, -0.05) is 0 Å². The SMILES string of the molecule is COCCNC(=NCC(=O)N(C)C)N1CCC(c2cnn(C)c2)C1.I. The summed E-state index contributed by atoms with van der Waals surface area (Å²) in [5.74, 6) is 1.20. The van der Waals surface area contributed by atoms with Crippen LogP contribution < -0.4 is 5.32 Å². The van der Waals surface area contributed by atoms with Crippen LogP contribution in [0.15, 0.2) is 17.4 Å². The summed E-state index contributed by atoms with van der Waals surface area (Å²) in [6.45, 7) is 3.20. The molecule has 2 heterocycles. The molecule has 1 fully saturated rings. The van der Waals surface area contributed by atoms with E-state index in [0.29, 0.717) is 19.1 Å². The van der Waals surface area contributed by atoms with Gasteiger partial charge in [0.25, 0.3) is 0 Å². The molecule has 1 aliphatic rings. The molecule has 9 heteroatoms. The minimum Gasteiger partial charge on any atom is -0.383 e. The van der Waals surface area contributed by atoms with Crippen LogP contribution in [-0.4, -0.2) is 85.4 Å². The normalized spacial score (nSPS) is 17.4. The lowest BCUT2D eigenvalue weighted by Crippen LogP contribution is -2.42. The molecule has 1 unspecified atom stereocenters. The highest BCUT2D eigenvalue weighted by Crippen LogP contribution is 2.26. The topological polar surface area (TPSA) is 75.0 Å². The number of halogens is 1. The number of aromatic nitrogens is 2. The maximum Gasteiger partial charge on any atom is 0.243 e. The number of methoxy groups -OCH3 is 1. The highest BCUT2D eigenvalue weighted by Gasteiger charge is 2.27. The van der Waals surface area contributed by atoms with Crippen LogP contribution in [-0.2, 0) is 16.6 Å². The molecule has 0 aliphatic carbocycles. The van der Waals surface area contributed by atoms with Crippen LogP contribution >= 0.6 is 24.0 Å². The molecule has 1 aliphatic heterocycles. The third kappa shape index (κ3) is 6.46. The van der Waals surface area contributed by atoms with Crippen molar-refractivity contribution in [2.75, 3.05) is 54.0 Å². The van der Waals surface area contributed by atoms with Gasteiger partial charge in [-0.3, -0.25) is 9.48 Å². The molecule has 1 saturated heterocycles. The average Bonchev–Trinajstić information content (AvgIpc) is 3.19. The molecule has 1 aromatic rings. The van der Waals surface area contributed by atoms with Crippen molar-refractivity contribution in [3.63, 3.8) is 0 Å². The molecule has 0 bridgehead atoms. The molecule has 1 atom stereocenters. The van der Waals surface area contributed by atoms with Crippen molar-refractivity contribution in [3.05, 3.63) is 18.0 Å². The zero-order valence-electron chi connectivity index (χ0n) is 15.4. The van der Waals surface area contributed by atoms with Gasteiger partial charge in [-0.25, -0.2) is 4.99 Å². The number of likely N-dealkylation sites (N-methyl/N-ethyl adjacent to an activating group) is 1. The van der Waals surface area contributed by atoms with E-state index < -0.39 is 0 Å². The number of ether oxygens (including phenoxy) is 1. The molecule has 142 valence electrons. The summed E-state index contributed by atoms with van der Waals surface area (Å²) < 4.78 is 6.92. The van der Waals surface area contributed by atoms with Crippen molar-refractivity contribution in [2.45, 2.75) is 12.3 Å². The van der Waals surface area contributed by atoms with Crippen molar-refractivity contribution < 1.29 is 9.53 Å². The van der Waals surface area contributed by atoms with Gasteiger partial charge < -0.3 is 19.9 Å². The molecular weight excluding hydrogens is 435 g/mol. The number of carbonyl (C=O) groups excluding carboxylic acids is 1. The van der Waals surface area contributed by atoms with Gasteiger partial charge in [0.2, 0.25) is 5.91 Å². The lowest BCUT2D eigenvalue weighted by molar-refractivity contribution is -0.127. The van der Waals surface area contributed by atoms with Gasteiger partial charge in [0.1, 0.15) is 6.54 Å². The number of carbonyl (C=O) groups is 1. The molecule has 1 N–H and O–H groups in total. The second-order valence-corrected chi connectivity index (χ2v) is 6.23. The van der Waals surface area contributed by atoms with Crippen LogP contribution in [0.25, 0.3) is 0 Å². The summed E-state index contributed by atoms with van der Waals surface area (Å²) in [6, 6.07) is 0. The van der Waals surface area contributed by atoms with E-state index in [1.54, 1.807) is 26.1 Å². The second kappa shape index (κ2) is 10.6.